The van der Waals surface area contributed by atoms with E-state index < -0.39 is 18.9 Å². The van der Waals surface area contributed by atoms with Gasteiger partial charge in [-0.2, -0.15) is 5.10 Å². The lowest BCUT2D eigenvalue weighted by molar-refractivity contribution is 0.0591. The fourth-order valence-electron chi connectivity index (χ4n) is 2.18. The summed E-state index contributed by atoms with van der Waals surface area (Å²) in [5.41, 5.74) is 1.07. The zero-order chi connectivity index (χ0) is 16.6. The highest BCUT2D eigenvalue weighted by Crippen LogP contribution is 2.26. The molecular weight excluding hydrogens is 332 g/mol. The van der Waals surface area contributed by atoms with E-state index in [-0.39, 0.29) is 10.8 Å². The first-order valence-corrected chi connectivity index (χ1v) is 6.81. The van der Waals surface area contributed by atoms with Crippen LogP contribution in [0, 0.1) is 0 Å². The molecule has 0 fully saturated rings. The molecule has 0 atom stereocenters. The van der Waals surface area contributed by atoms with E-state index in [1.165, 1.54) is 25.7 Å². The van der Waals surface area contributed by atoms with Crippen LogP contribution in [0.3, 0.4) is 0 Å². The molecule has 0 radical (unpaired) electrons. The van der Waals surface area contributed by atoms with Crippen LogP contribution in [-0.4, -0.2) is 43.7 Å². The molecule has 0 aliphatic rings. The molecule has 120 valence electrons. The zero-order valence-electron chi connectivity index (χ0n) is 11.8. The number of hydrogen-bond acceptors (Lipinski definition) is 5. The van der Waals surface area contributed by atoms with Crippen molar-refractivity contribution in [3.63, 3.8) is 0 Å². The van der Waals surface area contributed by atoms with Gasteiger partial charge in [0, 0.05) is 18.6 Å². The average Bonchev–Trinajstić information content (AvgIpc) is 3.10. The monoisotopic (exact) mass is 341 g/mol. The minimum atomic E-state index is -2.60. The number of nitrogens with zero attached hydrogens (tertiary/aromatic N) is 5. The first-order chi connectivity index (χ1) is 11.0. The molecule has 23 heavy (non-hydrogen) atoms. The molecule has 3 aromatic heterocycles. The molecule has 3 heterocycles. The smallest absolute Gasteiger partial charge is 0.359 e. The van der Waals surface area contributed by atoms with Crippen LogP contribution in [0.15, 0.2) is 24.8 Å². The van der Waals surface area contributed by atoms with Crippen LogP contribution in [0.5, 0.6) is 0 Å². The number of carbonyl (C=O) groups excluding carboxylic acids is 1. The van der Waals surface area contributed by atoms with Crippen LogP contribution in [-0.2, 0) is 11.3 Å². The number of carbonyl (C=O) groups is 1. The Kier molecular flexibility index (Phi) is 3.95. The first kappa shape index (κ1) is 15.3. The lowest BCUT2D eigenvalue weighted by Gasteiger charge is -2.01. The highest BCUT2D eigenvalue weighted by molar-refractivity contribution is 6.32. The third-order valence-electron chi connectivity index (χ3n) is 3.13. The molecule has 10 heteroatoms. The van der Waals surface area contributed by atoms with Gasteiger partial charge in [-0.1, -0.05) is 11.6 Å². The van der Waals surface area contributed by atoms with Crippen molar-refractivity contribution in [1.82, 2.24) is 24.1 Å². The Balaban J connectivity index is 2.18. The normalized spacial score (nSPS) is 11.3. The lowest BCUT2D eigenvalue weighted by atomic mass is 10.2. The Bertz CT molecular complexity index is 877. The van der Waals surface area contributed by atoms with E-state index in [2.05, 4.69) is 19.8 Å². The molecule has 0 saturated carbocycles. The minimum absolute atomic E-state index is 0.0807. The fourth-order valence-corrected chi connectivity index (χ4v) is 2.37. The summed E-state index contributed by atoms with van der Waals surface area (Å²) in [6, 6.07) is 0. The van der Waals surface area contributed by atoms with Crippen molar-refractivity contribution < 1.29 is 18.3 Å². The summed E-state index contributed by atoms with van der Waals surface area (Å²) < 4.78 is 32.4. The van der Waals surface area contributed by atoms with E-state index in [9.17, 15) is 13.6 Å². The molecule has 0 saturated heterocycles. The molecule has 0 N–H and O–H groups in total. The zero-order valence-corrected chi connectivity index (χ0v) is 12.5. The molecule has 7 nitrogen and oxygen atoms in total. The molecule has 0 unspecified atom stereocenters. The van der Waals surface area contributed by atoms with Gasteiger partial charge in [0.25, 0.3) is 6.43 Å². The van der Waals surface area contributed by atoms with Gasteiger partial charge in [-0.3, -0.25) is 9.08 Å². The van der Waals surface area contributed by atoms with Gasteiger partial charge in [-0.15, -0.1) is 0 Å². The summed E-state index contributed by atoms with van der Waals surface area (Å²) in [5, 5.41) is 4.06. The van der Waals surface area contributed by atoms with Gasteiger partial charge >= 0.3 is 5.97 Å². The topological polar surface area (TPSA) is 74.3 Å². The van der Waals surface area contributed by atoms with Crippen molar-refractivity contribution >= 4 is 23.2 Å². The van der Waals surface area contributed by atoms with Crippen LogP contribution >= 0.6 is 11.6 Å². The van der Waals surface area contributed by atoms with E-state index >= 15 is 0 Å². The molecule has 0 aromatic carbocycles. The van der Waals surface area contributed by atoms with Gasteiger partial charge in [0.2, 0.25) is 0 Å². The summed E-state index contributed by atoms with van der Waals surface area (Å²) in [4.78, 5) is 19.9. The molecule has 0 aliphatic heterocycles. The van der Waals surface area contributed by atoms with E-state index in [1.807, 2.05) is 0 Å². The van der Waals surface area contributed by atoms with Gasteiger partial charge in [-0.05, 0) is 0 Å². The third kappa shape index (κ3) is 2.74. The van der Waals surface area contributed by atoms with Crippen molar-refractivity contribution in [2.45, 2.75) is 13.0 Å². The van der Waals surface area contributed by atoms with Crippen molar-refractivity contribution in [3.05, 3.63) is 35.6 Å². The van der Waals surface area contributed by atoms with E-state index in [0.717, 1.165) is 4.68 Å². The van der Waals surface area contributed by atoms with Gasteiger partial charge in [0.15, 0.2) is 16.5 Å². The summed E-state index contributed by atoms with van der Waals surface area (Å²) in [6.45, 7) is -0.636. The van der Waals surface area contributed by atoms with Crippen molar-refractivity contribution in [2.75, 3.05) is 7.11 Å². The first-order valence-electron chi connectivity index (χ1n) is 6.43. The van der Waals surface area contributed by atoms with E-state index in [0.29, 0.717) is 16.9 Å². The number of ether oxygens (including phenoxy) is 1. The molecule has 0 spiro atoms. The fraction of sp³-hybridized carbons (Fsp3) is 0.231. The molecular formula is C13H10ClF2N5O2. The van der Waals surface area contributed by atoms with Crippen LogP contribution in [0.2, 0.25) is 5.15 Å². The minimum Gasteiger partial charge on any atom is -0.464 e. The Morgan fingerprint density at radius 3 is 2.91 bits per heavy atom. The van der Waals surface area contributed by atoms with Crippen molar-refractivity contribution in [1.29, 1.82) is 0 Å². The standard InChI is InChI=1S/C13H10ClF2N5O2/c1-23-13(22)10-7(5-20(19-10)6-9(15)16)8-4-18-12-11(14)17-2-3-21(8)12/h2-5,9H,6H2,1H3. The quantitative estimate of drug-likeness (QED) is 0.681. The number of fused-ring (bicyclic) bond motifs is 1. The van der Waals surface area contributed by atoms with Crippen LogP contribution < -0.4 is 0 Å². The predicted molar refractivity (Wildman–Crippen MR) is 76.6 cm³/mol. The summed E-state index contributed by atoms with van der Waals surface area (Å²) in [7, 11) is 1.19. The molecule has 3 aromatic rings. The molecule has 0 aliphatic carbocycles. The van der Waals surface area contributed by atoms with Crippen LogP contribution in [0.25, 0.3) is 16.9 Å². The number of rotatable bonds is 4. The maximum absolute atomic E-state index is 12.6. The summed E-state index contributed by atoms with van der Waals surface area (Å²) in [6.07, 6.45) is 3.25. The van der Waals surface area contributed by atoms with Crippen molar-refractivity contribution in [3.8, 4) is 11.3 Å². The Morgan fingerprint density at radius 1 is 1.43 bits per heavy atom. The average molecular weight is 342 g/mol. The molecule has 3 rings (SSSR count). The summed E-state index contributed by atoms with van der Waals surface area (Å²) in [5.74, 6) is -0.733. The Labute approximate surface area is 133 Å². The van der Waals surface area contributed by atoms with E-state index in [1.54, 1.807) is 10.6 Å². The maximum Gasteiger partial charge on any atom is 0.359 e. The van der Waals surface area contributed by atoms with Gasteiger partial charge in [-0.25, -0.2) is 23.5 Å². The largest absolute Gasteiger partial charge is 0.464 e. The van der Waals surface area contributed by atoms with E-state index in [4.69, 9.17) is 11.6 Å². The van der Waals surface area contributed by atoms with Gasteiger partial charge < -0.3 is 4.74 Å². The second-order valence-electron chi connectivity index (χ2n) is 4.55. The third-order valence-corrected chi connectivity index (χ3v) is 3.39. The number of aromatic nitrogens is 5. The van der Waals surface area contributed by atoms with Gasteiger partial charge in [0.05, 0.1) is 24.6 Å². The lowest BCUT2D eigenvalue weighted by Crippen LogP contribution is -2.09. The molecule has 0 amide bonds. The Hall–Kier alpha value is -2.55. The number of methoxy groups -OCH3 is 1. The predicted octanol–water partition coefficient (Wildman–Crippen LogP) is 2.30. The van der Waals surface area contributed by atoms with Crippen molar-refractivity contribution in [2.24, 2.45) is 0 Å². The van der Waals surface area contributed by atoms with Gasteiger partial charge in [0.1, 0.15) is 6.54 Å². The second-order valence-corrected chi connectivity index (χ2v) is 4.91. The SMILES string of the molecule is COC(=O)c1nn(CC(F)F)cc1-c1cnc2c(Cl)nccn12. The number of esters is 1. The maximum atomic E-state index is 12.6. The highest BCUT2D eigenvalue weighted by atomic mass is 35.5. The number of imidazole rings is 1. The van der Waals surface area contributed by atoms with Crippen LogP contribution in [0.1, 0.15) is 10.5 Å². The summed E-state index contributed by atoms with van der Waals surface area (Å²) >= 11 is 5.96. The molecule has 0 bridgehead atoms. The number of hydrogen-bond donors (Lipinski definition) is 0. The number of halogens is 3. The van der Waals surface area contributed by atoms with Crippen LogP contribution in [0.4, 0.5) is 8.78 Å². The highest BCUT2D eigenvalue weighted by Gasteiger charge is 2.22. The number of alkyl halides is 2. The second kappa shape index (κ2) is 5.92. The Morgan fingerprint density at radius 2 is 2.22 bits per heavy atom.